The highest BCUT2D eigenvalue weighted by Gasteiger charge is 2.52. The van der Waals surface area contributed by atoms with E-state index in [2.05, 4.69) is 19.6 Å². The number of carbonyl (C=O) groups is 2. The van der Waals surface area contributed by atoms with Crippen LogP contribution in [0.5, 0.6) is 0 Å². The van der Waals surface area contributed by atoms with Crippen molar-refractivity contribution in [2.75, 3.05) is 7.11 Å². The van der Waals surface area contributed by atoms with Crippen molar-refractivity contribution in [2.24, 2.45) is 5.92 Å². The normalized spacial score (nSPS) is 27.8. The van der Waals surface area contributed by atoms with E-state index in [1.165, 1.54) is 7.11 Å². The van der Waals surface area contributed by atoms with E-state index in [0.29, 0.717) is 6.42 Å². The number of methoxy groups -OCH3 is 1. The van der Waals surface area contributed by atoms with Crippen LogP contribution in [0.2, 0.25) is 19.6 Å². The van der Waals surface area contributed by atoms with Gasteiger partial charge >= 0.3 is 12.1 Å². The average molecular weight is 384 g/mol. The van der Waals surface area contributed by atoms with Crippen molar-refractivity contribution < 1.29 is 23.5 Å². The molecule has 0 aromatic heterocycles. The maximum absolute atomic E-state index is 12.9. The maximum Gasteiger partial charge on any atom is 0.411 e. The highest BCUT2D eigenvalue weighted by Crippen LogP contribution is 2.44. The molecule has 0 radical (unpaired) electrons. The largest absolute Gasteiger partial charge is 0.548 e. The Morgan fingerprint density at radius 2 is 1.77 bits per heavy atom. The molecule has 26 heavy (non-hydrogen) atoms. The molecule has 2 heterocycles. The van der Waals surface area contributed by atoms with Gasteiger partial charge in [0.2, 0.25) is 8.32 Å². The second-order valence-electron chi connectivity index (χ2n) is 9.18. The van der Waals surface area contributed by atoms with Gasteiger partial charge in [0, 0.05) is 6.04 Å². The van der Waals surface area contributed by atoms with Gasteiger partial charge in [0.05, 0.1) is 24.8 Å². The lowest BCUT2D eigenvalue weighted by atomic mass is 9.86. The van der Waals surface area contributed by atoms with Gasteiger partial charge in [-0.3, -0.25) is 9.69 Å². The standard InChI is InChI=1S/C19H33NO5Si/c1-12(25-26(6,7)8)13-11-14(17(21)23-5)16-10-9-15(13)20(16)18(22)24-19(2,3)4/h14-16H,9-11H2,1-8H3/b13-12+/t14-,15-,16+/m0/s1. The molecule has 2 saturated heterocycles. The molecule has 1 amide bonds. The zero-order chi connectivity index (χ0) is 19.9. The van der Waals surface area contributed by atoms with Gasteiger partial charge in [0.25, 0.3) is 0 Å². The number of hydrogen-bond donors (Lipinski definition) is 0. The van der Waals surface area contributed by atoms with Crippen molar-refractivity contribution in [3.8, 4) is 0 Å². The van der Waals surface area contributed by atoms with E-state index < -0.39 is 13.9 Å². The van der Waals surface area contributed by atoms with Gasteiger partial charge in [-0.25, -0.2) is 4.79 Å². The van der Waals surface area contributed by atoms with E-state index in [4.69, 9.17) is 13.9 Å². The van der Waals surface area contributed by atoms with E-state index in [1.54, 1.807) is 4.90 Å². The van der Waals surface area contributed by atoms with Crippen LogP contribution in [0.3, 0.4) is 0 Å². The Morgan fingerprint density at radius 3 is 2.27 bits per heavy atom. The smallest absolute Gasteiger partial charge is 0.411 e. The number of hydrogen-bond acceptors (Lipinski definition) is 5. The number of esters is 1. The molecule has 0 spiro atoms. The summed E-state index contributed by atoms with van der Waals surface area (Å²) in [5, 5.41) is 0. The van der Waals surface area contributed by atoms with Crippen LogP contribution in [0, 0.1) is 5.92 Å². The van der Waals surface area contributed by atoms with Gasteiger partial charge in [-0.05, 0) is 72.2 Å². The van der Waals surface area contributed by atoms with E-state index in [0.717, 1.165) is 24.2 Å². The van der Waals surface area contributed by atoms with Gasteiger partial charge in [-0.2, -0.15) is 0 Å². The first-order chi connectivity index (χ1) is 11.8. The molecular weight excluding hydrogens is 350 g/mol. The third-order valence-corrected chi connectivity index (χ3v) is 5.67. The molecule has 2 aliphatic rings. The highest BCUT2D eigenvalue weighted by atomic mass is 28.4. The Morgan fingerprint density at radius 1 is 1.15 bits per heavy atom. The molecule has 0 aliphatic carbocycles. The molecule has 2 rings (SSSR count). The van der Waals surface area contributed by atoms with Crippen LogP contribution in [0.4, 0.5) is 4.79 Å². The van der Waals surface area contributed by atoms with Crippen molar-refractivity contribution in [2.45, 2.75) is 84.3 Å². The fraction of sp³-hybridized carbons (Fsp3) is 0.789. The summed E-state index contributed by atoms with van der Waals surface area (Å²) in [5.41, 5.74) is 0.449. The fourth-order valence-corrected chi connectivity index (χ4v) is 5.01. The van der Waals surface area contributed by atoms with E-state index in [1.807, 2.05) is 27.7 Å². The van der Waals surface area contributed by atoms with Crippen molar-refractivity contribution in [1.29, 1.82) is 0 Å². The molecule has 0 aromatic rings. The molecule has 6 nitrogen and oxygen atoms in total. The number of ether oxygens (including phenoxy) is 2. The molecule has 0 unspecified atom stereocenters. The summed E-state index contributed by atoms with van der Waals surface area (Å²) in [5.74, 6) is 0.195. The number of piperidine rings is 1. The first-order valence-corrected chi connectivity index (χ1v) is 12.7. The molecule has 2 fully saturated rings. The zero-order valence-corrected chi connectivity index (χ0v) is 18.3. The van der Waals surface area contributed by atoms with Crippen molar-refractivity contribution in [3.05, 3.63) is 11.3 Å². The van der Waals surface area contributed by atoms with Crippen molar-refractivity contribution >= 4 is 20.4 Å². The predicted molar refractivity (Wildman–Crippen MR) is 102 cm³/mol. The minimum absolute atomic E-state index is 0.0629. The van der Waals surface area contributed by atoms with Crippen molar-refractivity contribution in [1.82, 2.24) is 4.90 Å². The number of amides is 1. The quantitative estimate of drug-likeness (QED) is 0.417. The Kier molecular flexibility index (Phi) is 5.80. The minimum Gasteiger partial charge on any atom is -0.548 e. The number of nitrogens with zero attached hydrogens (tertiary/aromatic N) is 1. The van der Waals surface area contributed by atoms with Gasteiger partial charge in [0.15, 0.2) is 0 Å². The Balaban J connectivity index is 2.41. The molecule has 0 aromatic carbocycles. The predicted octanol–water partition coefficient (Wildman–Crippen LogP) is 4.07. The molecule has 2 bridgehead atoms. The maximum atomic E-state index is 12.9. The summed E-state index contributed by atoms with van der Waals surface area (Å²) >= 11 is 0. The Labute approximate surface area is 158 Å². The number of allylic oxidation sites excluding steroid dienone is 1. The molecule has 7 heteroatoms. The molecule has 0 N–H and O–H groups in total. The molecule has 3 atom stereocenters. The van der Waals surface area contributed by atoms with Gasteiger partial charge in [-0.15, -0.1) is 0 Å². The fourth-order valence-electron chi connectivity index (χ4n) is 3.96. The van der Waals surface area contributed by atoms with E-state index in [-0.39, 0.29) is 30.1 Å². The summed E-state index contributed by atoms with van der Waals surface area (Å²) < 4.78 is 16.9. The summed E-state index contributed by atoms with van der Waals surface area (Å²) in [6.45, 7) is 13.9. The monoisotopic (exact) mass is 383 g/mol. The van der Waals surface area contributed by atoms with Gasteiger partial charge in [-0.1, -0.05) is 0 Å². The first kappa shape index (κ1) is 20.8. The van der Waals surface area contributed by atoms with Crippen LogP contribution >= 0.6 is 0 Å². The van der Waals surface area contributed by atoms with Crippen LogP contribution in [0.15, 0.2) is 11.3 Å². The van der Waals surface area contributed by atoms with Crippen LogP contribution < -0.4 is 0 Å². The zero-order valence-electron chi connectivity index (χ0n) is 17.3. The van der Waals surface area contributed by atoms with E-state index in [9.17, 15) is 9.59 Å². The van der Waals surface area contributed by atoms with E-state index >= 15 is 0 Å². The number of fused-ring (bicyclic) bond motifs is 2. The molecule has 2 aliphatic heterocycles. The van der Waals surface area contributed by atoms with Crippen LogP contribution in [-0.4, -0.2) is 50.1 Å². The molecule has 0 saturated carbocycles. The van der Waals surface area contributed by atoms with Gasteiger partial charge in [0.1, 0.15) is 5.60 Å². The molecular formula is C19H33NO5Si. The minimum atomic E-state index is -1.79. The van der Waals surface area contributed by atoms with Crippen LogP contribution in [-0.2, 0) is 18.7 Å². The molecule has 148 valence electrons. The highest BCUT2D eigenvalue weighted by molar-refractivity contribution is 6.70. The first-order valence-electron chi connectivity index (χ1n) is 9.32. The summed E-state index contributed by atoms with van der Waals surface area (Å²) in [6, 6.07) is -0.238. The Hall–Kier alpha value is -1.50. The van der Waals surface area contributed by atoms with Crippen molar-refractivity contribution in [3.63, 3.8) is 0 Å². The SMILES string of the molecule is COC(=O)[C@H]1C/C(=C(/C)O[Si](C)(C)C)[C@@H]2CC[C@H]1N2C(=O)OC(C)(C)C. The second-order valence-corrected chi connectivity index (χ2v) is 13.6. The summed E-state index contributed by atoms with van der Waals surface area (Å²) in [4.78, 5) is 27.0. The average Bonchev–Trinajstić information content (AvgIpc) is 2.79. The third kappa shape index (κ3) is 4.61. The second kappa shape index (κ2) is 7.25. The lowest BCUT2D eigenvalue weighted by Crippen LogP contribution is -2.53. The number of rotatable bonds is 3. The lowest BCUT2D eigenvalue weighted by molar-refractivity contribution is -0.148. The number of carbonyl (C=O) groups excluding carboxylic acids is 2. The third-order valence-electron chi connectivity index (χ3n) is 4.76. The summed E-state index contributed by atoms with van der Waals surface area (Å²) in [6.07, 6.45) is 1.81. The van der Waals surface area contributed by atoms with Crippen LogP contribution in [0.1, 0.15) is 47.0 Å². The Bertz CT molecular complexity index is 602. The topological polar surface area (TPSA) is 65.1 Å². The lowest BCUT2D eigenvalue weighted by Gasteiger charge is -2.41. The van der Waals surface area contributed by atoms with Crippen LogP contribution in [0.25, 0.3) is 0 Å². The van der Waals surface area contributed by atoms with Gasteiger partial charge < -0.3 is 13.9 Å². The summed E-state index contributed by atoms with van der Waals surface area (Å²) in [7, 11) is -0.388.